The normalized spacial score (nSPS) is 16.1. The molecule has 0 radical (unpaired) electrons. The van der Waals surface area contributed by atoms with E-state index < -0.39 is 0 Å². The summed E-state index contributed by atoms with van der Waals surface area (Å²) in [5.74, 6) is 0. The van der Waals surface area contributed by atoms with Crippen LogP contribution in [-0.4, -0.2) is 42.8 Å². The number of benzene rings is 1. The monoisotopic (exact) mass is 365 g/mol. The van der Waals surface area contributed by atoms with Crippen molar-refractivity contribution in [1.29, 1.82) is 0 Å². The van der Waals surface area contributed by atoms with Crippen LogP contribution in [0.15, 0.2) is 21.9 Å². The molecule has 0 saturated heterocycles. The van der Waals surface area contributed by atoms with Gasteiger partial charge < -0.3 is 9.88 Å². The third-order valence-electron chi connectivity index (χ3n) is 4.30. The average Bonchev–Trinajstić information content (AvgIpc) is 2.52. The van der Waals surface area contributed by atoms with Gasteiger partial charge in [0.1, 0.15) is 0 Å². The molecule has 1 N–H and O–H groups in total. The fraction of sp³-hybridized carbons (Fsp3) is 0.444. The number of aryl methyl sites for hydroxylation is 1. The summed E-state index contributed by atoms with van der Waals surface area (Å²) in [6, 6.07) is 3.34. The maximum absolute atomic E-state index is 13.0. The molecule has 0 amide bonds. The number of nitrogens with zero attached hydrogens (tertiary/aromatic N) is 2. The third kappa shape index (κ3) is 3.51. The van der Waals surface area contributed by atoms with E-state index in [2.05, 4.69) is 9.88 Å². The number of fused-ring (bicyclic) bond motifs is 2. The van der Waals surface area contributed by atoms with Gasteiger partial charge >= 0.3 is 0 Å². The van der Waals surface area contributed by atoms with Gasteiger partial charge in [-0.3, -0.25) is 9.79 Å². The van der Waals surface area contributed by atoms with E-state index in [1.807, 2.05) is 14.1 Å². The van der Waals surface area contributed by atoms with Crippen LogP contribution in [0.1, 0.15) is 30.5 Å². The average molecular weight is 366 g/mol. The van der Waals surface area contributed by atoms with Crippen LogP contribution in [0.25, 0.3) is 10.9 Å². The number of aromatic nitrogens is 1. The first kappa shape index (κ1) is 17.5. The van der Waals surface area contributed by atoms with Crippen molar-refractivity contribution in [2.45, 2.75) is 25.7 Å². The molecule has 4 nitrogen and oxygen atoms in total. The van der Waals surface area contributed by atoms with Crippen molar-refractivity contribution in [2.75, 3.05) is 27.2 Å². The van der Waals surface area contributed by atoms with Gasteiger partial charge in [0, 0.05) is 28.4 Å². The minimum atomic E-state index is -0.0193. The summed E-state index contributed by atoms with van der Waals surface area (Å²) in [5, 5.41) is 1.49. The highest BCUT2D eigenvalue weighted by Gasteiger charge is 2.22. The molecule has 1 heterocycles. The molecule has 128 valence electrons. The number of nitrogens with one attached hydrogen (secondary N) is 1. The van der Waals surface area contributed by atoms with Gasteiger partial charge in [-0.2, -0.15) is 0 Å². The van der Waals surface area contributed by atoms with Crippen molar-refractivity contribution in [3.63, 3.8) is 0 Å². The van der Waals surface area contributed by atoms with Crippen molar-refractivity contribution in [3.05, 3.63) is 43.7 Å². The summed E-state index contributed by atoms with van der Waals surface area (Å²) in [6.07, 6.45) is 3.66. The fourth-order valence-electron chi connectivity index (χ4n) is 3.17. The second-order valence-corrected chi connectivity index (χ2v) is 7.30. The first-order valence-electron chi connectivity index (χ1n) is 8.19. The molecule has 0 atom stereocenters. The largest absolute Gasteiger partial charge is 0.356 e. The Hall–Kier alpha value is -1.36. The number of halogens is 2. The third-order valence-corrected chi connectivity index (χ3v) is 4.82. The second kappa shape index (κ2) is 7.26. The molecule has 2 aromatic rings. The highest BCUT2D eigenvalue weighted by Crippen LogP contribution is 2.28. The van der Waals surface area contributed by atoms with Crippen molar-refractivity contribution in [1.82, 2.24) is 9.88 Å². The lowest BCUT2D eigenvalue weighted by molar-refractivity contribution is 0.403. The lowest BCUT2D eigenvalue weighted by Crippen LogP contribution is -2.25. The van der Waals surface area contributed by atoms with E-state index in [0.29, 0.717) is 20.9 Å². The van der Waals surface area contributed by atoms with Crippen molar-refractivity contribution < 1.29 is 0 Å². The zero-order valence-corrected chi connectivity index (χ0v) is 15.5. The predicted molar refractivity (Wildman–Crippen MR) is 102 cm³/mol. The molecule has 24 heavy (non-hydrogen) atoms. The SMILES string of the molecule is CN(C)CCCN=C1CCCc2[nH]c3c(Cl)cc(Cl)cc3c(=O)c21. The van der Waals surface area contributed by atoms with Gasteiger partial charge in [-0.15, -0.1) is 0 Å². The molecule has 0 unspecified atom stereocenters. The van der Waals surface area contributed by atoms with Gasteiger partial charge in [0.25, 0.3) is 0 Å². The lowest BCUT2D eigenvalue weighted by Gasteiger charge is -2.19. The molecule has 0 fully saturated rings. The topological polar surface area (TPSA) is 48.5 Å². The van der Waals surface area contributed by atoms with Crippen LogP contribution >= 0.6 is 23.2 Å². The van der Waals surface area contributed by atoms with Gasteiger partial charge in [-0.25, -0.2) is 0 Å². The molecule has 1 aliphatic rings. The summed E-state index contributed by atoms with van der Waals surface area (Å²) in [4.78, 5) is 23.2. The molecule has 0 spiro atoms. The molecule has 0 saturated carbocycles. The van der Waals surface area contributed by atoms with Crippen LogP contribution in [0.5, 0.6) is 0 Å². The summed E-state index contributed by atoms with van der Waals surface area (Å²) >= 11 is 12.3. The minimum Gasteiger partial charge on any atom is -0.356 e. The number of aliphatic imine (C=N–C) groups is 1. The summed E-state index contributed by atoms with van der Waals surface area (Å²) in [6.45, 7) is 1.73. The number of hydrogen-bond acceptors (Lipinski definition) is 3. The van der Waals surface area contributed by atoms with Crippen LogP contribution in [-0.2, 0) is 6.42 Å². The van der Waals surface area contributed by atoms with E-state index in [9.17, 15) is 4.79 Å². The Balaban J connectivity index is 2.05. The van der Waals surface area contributed by atoms with E-state index in [0.717, 1.165) is 55.7 Å². The lowest BCUT2D eigenvalue weighted by atomic mass is 9.92. The van der Waals surface area contributed by atoms with Crippen LogP contribution in [0.2, 0.25) is 10.0 Å². The summed E-state index contributed by atoms with van der Waals surface area (Å²) in [5.41, 5.74) is 3.22. The molecule has 0 aliphatic heterocycles. The Morgan fingerprint density at radius 3 is 2.79 bits per heavy atom. The number of H-pyrrole nitrogens is 1. The van der Waals surface area contributed by atoms with Crippen molar-refractivity contribution in [3.8, 4) is 0 Å². The zero-order chi connectivity index (χ0) is 17.3. The van der Waals surface area contributed by atoms with E-state index in [-0.39, 0.29) is 5.43 Å². The molecule has 6 heteroatoms. The highest BCUT2D eigenvalue weighted by atomic mass is 35.5. The molecule has 1 aromatic carbocycles. The van der Waals surface area contributed by atoms with Crippen LogP contribution in [0, 0.1) is 0 Å². The van der Waals surface area contributed by atoms with Gasteiger partial charge in [0.2, 0.25) is 0 Å². The maximum Gasteiger partial charge on any atom is 0.198 e. The first-order chi connectivity index (χ1) is 11.5. The predicted octanol–water partition coefficient (Wildman–Crippen LogP) is 3.91. The second-order valence-electron chi connectivity index (χ2n) is 6.46. The van der Waals surface area contributed by atoms with Gasteiger partial charge in [0.15, 0.2) is 5.43 Å². The van der Waals surface area contributed by atoms with Gasteiger partial charge in [-0.1, -0.05) is 23.2 Å². The van der Waals surface area contributed by atoms with Crippen LogP contribution in [0.3, 0.4) is 0 Å². The maximum atomic E-state index is 13.0. The Morgan fingerprint density at radius 2 is 2.04 bits per heavy atom. The first-order valence-corrected chi connectivity index (χ1v) is 8.95. The van der Waals surface area contributed by atoms with Gasteiger partial charge in [0.05, 0.1) is 16.1 Å². The molecule has 1 aromatic heterocycles. The van der Waals surface area contributed by atoms with Crippen LogP contribution < -0.4 is 5.43 Å². The Morgan fingerprint density at radius 1 is 1.25 bits per heavy atom. The summed E-state index contributed by atoms with van der Waals surface area (Å²) < 4.78 is 0. The number of pyridine rings is 1. The Labute approximate surface area is 151 Å². The number of aromatic amines is 1. The van der Waals surface area contributed by atoms with E-state index in [1.165, 1.54) is 0 Å². The molecule has 1 aliphatic carbocycles. The fourth-order valence-corrected chi connectivity index (χ4v) is 3.71. The minimum absolute atomic E-state index is 0.0193. The Bertz CT molecular complexity index is 855. The standard InChI is InChI=1S/C18H21Cl2N3O/c1-23(2)8-4-7-21-14-5-3-6-15-16(14)18(24)12-9-11(19)10-13(20)17(12)22-15/h9-10H,3-8H2,1-2H3,(H,22,24). The molecule has 0 bridgehead atoms. The quantitative estimate of drug-likeness (QED) is 0.834. The van der Waals surface area contributed by atoms with E-state index in [4.69, 9.17) is 28.2 Å². The highest BCUT2D eigenvalue weighted by molar-refractivity contribution is 6.38. The van der Waals surface area contributed by atoms with E-state index >= 15 is 0 Å². The smallest absolute Gasteiger partial charge is 0.198 e. The van der Waals surface area contributed by atoms with Crippen LogP contribution in [0.4, 0.5) is 0 Å². The van der Waals surface area contributed by atoms with Crippen molar-refractivity contribution >= 4 is 39.8 Å². The molecule has 3 rings (SSSR count). The van der Waals surface area contributed by atoms with Crippen molar-refractivity contribution in [2.24, 2.45) is 4.99 Å². The van der Waals surface area contributed by atoms with Gasteiger partial charge in [-0.05, 0) is 58.5 Å². The Kier molecular flexibility index (Phi) is 5.28. The number of hydrogen-bond donors (Lipinski definition) is 1. The molecular formula is C18H21Cl2N3O. The molecular weight excluding hydrogens is 345 g/mol. The zero-order valence-electron chi connectivity index (χ0n) is 14.0. The van der Waals surface area contributed by atoms with E-state index in [1.54, 1.807) is 12.1 Å². The number of rotatable bonds is 4. The summed E-state index contributed by atoms with van der Waals surface area (Å²) in [7, 11) is 4.10.